The van der Waals surface area contributed by atoms with E-state index in [1.165, 1.54) is 0 Å². The molecule has 2 N–H and O–H groups in total. The fourth-order valence-electron chi connectivity index (χ4n) is 1.96. The van der Waals surface area contributed by atoms with Crippen molar-refractivity contribution in [2.24, 2.45) is 0 Å². The molecule has 3 nitrogen and oxygen atoms in total. The average molecular weight is 272 g/mol. The van der Waals surface area contributed by atoms with Crippen LogP contribution in [-0.4, -0.2) is 29.6 Å². The number of carbonyl (C=O) groups excluding carboxylic acids is 1. The maximum atomic E-state index is 12.5. The summed E-state index contributed by atoms with van der Waals surface area (Å²) in [5.74, 6) is -0.516. The van der Waals surface area contributed by atoms with Crippen LogP contribution in [0.5, 0.6) is 0 Å². The molecular weight excluding hydrogens is 257 g/mol. The molecule has 0 radical (unpaired) electrons. The maximum Gasteiger partial charge on any atom is 0.406 e. The van der Waals surface area contributed by atoms with Gasteiger partial charge in [-0.2, -0.15) is 13.2 Å². The number of alkyl halides is 3. The van der Waals surface area contributed by atoms with Crippen molar-refractivity contribution >= 4 is 11.6 Å². The summed E-state index contributed by atoms with van der Waals surface area (Å²) in [7, 11) is 0. The highest BCUT2D eigenvalue weighted by Gasteiger charge is 2.40. The topological polar surface area (TPSA) is 46.3 Å². The molecule has 1 aromatic carbocycles. The summed E-state index contributed by atoms with van der Waals surface area (Å²) < 4.78 is 37.4. The molecule has 1 saturated carbocycles. The van der Waals surface area contributed by atoms with Gasteiger partial charge < -0.3 is 10.6 Å². The SMILES string of the molecule is Nc1ccccc1CC(=O)N(CC(F)(F)F)C1CC1. The number of benzene rings is 1. The summed E-state index contributed by atoms with van der Waals surface area (Å²) in [6.07, 6.45) is -3.15. The first-order valence-corrected chi connectivity index (χ1v) is 6.06. The highest BCUT2D eigenvalue weighted by Crippen LogP contribution is 2.31. The van der Waals surface area contributed by atoms with Crippen LogP contribution >= 0.6 is 0 Å². The number of hydrogen-bond donors (Lipinski definition) is 1. The van der Waals surface area contributed by atoms with Crippen LogP contribution in [0.2, 0.25) is 0 Å². The summed E-state index contributed by atoms with van der Waals surface area (Å²) in [6, 6.07) is 6.46. The van der Waals surface area contributed by atoms with Crippen molar-refractivity contribution in [1.82, 2.24) is 4.90 Å². The molecule has 1 amide bonds. The van der Waals surface area contributed by atoms with Crippen molar-refractivity contribution < 1.29 is 18.0 Å². The van der Waals surface area contributed by atoms with E-state index in [-0.39, 0.29) is 12.5 Å². The molecule has 2 rings (SSSR count). The molecule has 19 heavy (non-hydrogen) atoms. The van der Waals surface area contributed by atoms with Crippen molar-refractivity contribution in [2.75, 3.05) is 12.3 Å². The maximum absolute atomic E-state index is 12.5. The Hall–Kier alpha value is -1.72. The zero-order chi connectivity index (χ0) is 14.0. The second-order valence-electron chi connectivity index (χ2n) is 4.74. The van der Waals surface area contributed by atoms with E-state index in [9.17, 15) is 18.0 Å². The minimum Gasteiger partial charge on any atom is -0.398 e. The predicted molar refractivity (Wildman–Crippen MR) is 65.3 cm³/mol. The Balaban J connectivity index is 2.06. The molecule has 0 atom stereocenters. The number of rotatable bonds is 4. The van der Waals surface area contributed by atoms with Crippen LogP contribution in [0.3, 0.4) is 0 Å². The quantitative estimate of drug-likeness (QED) is 0.855. The number of nitrogen functional groups attached to an aromatic ring is 1. The van der Waals surface area contributed by atoms with Gasteiger partial charge in [-0.3, -0.25) is 4.79 Å². The molecule has 0 heterocycles. The number of nitrogens with two attached hydrogens (primary N) is 1. The lowest BCUT2D eigenvalue weighted by atomic mass is 10.1. The van der Waals surface area contributed by atoms with Crippen LogP contribution in [-0.2, 0) is 11.2 Å². The van der Waals surface area contributed by atoms with Crippen LogP contribution in [0.25, 0.3) is 0 Å². The lowest BCUT2D eigenvalue weighted by molar-refractivity contribution is -0.162. The lowest BCUT2D eigenvalue weighted by Gasteiger charge is -2.24. The summed E-state index contributed by atoms with van der Waals surface area (Å²) >= 11 is 0. The standard InChI is InChI=1S/C13H15F3N2O/c14-13(15,16)8-18(10-5-6-10)12(19)7-9-3-1-2-4-11(9)17/h1-4,10H,5-8,17H2. The Morgan fingerprint density at radius 2 is 1.95 bits per heavy atom. The fraction of sp³-hybridized carbons (Fsp3) is 0.462. The minimum atomic E-state index is -4.36. The van der Waals surface area contributed by atoms with Crippen LogP contribution < -0.4 is 5.73 Å². The van der Waals surface area contributed by atoms with Crippen LogP contribution in [0.15, 0.2) is 24.3 Å². The van der Waals surface area contributed by atoms with Gasteiger partial charge >= 0.3 is 6.18 Å². The monoisotopic (exact) mass is 272 g/mol. The Bertz CT molecular complexity index is 469. The van der Waals surface area contributed by atoms with E-state index in [1.807, 2.05) is 0 Å². The molecule has 1 fully saturated rings. The predicted octanol–water partition coefficient (Wildman–Crippen LogP) is 2.36. The number of nitrogens with zero attached hydrogens (tertiary/aromatic N) is 1. The first kappa shape index (κ1) is 13.7. The third-order valence-corrected chi connectivity index (χ3v) is 3.05. The van der Waals surface area contributed by atoms with Crippen LogP contribution in [0.4, 0.5) is 18.9 Å². The summed E-state index contributed by atoms with van der Waals surface area (Å²) in [6.45, 7) is -1.18. The second kappa shape index (κ2) is 5.11. The van der Waals surface area contributed by atoms with Crippen molar-refractivity contribution in [3.63, 3.8) is 0 Å². The largest absolute Gasteiger partial charge is 0.406 e. The zero-order valence-corrected chi connectivity index (χ0v) is 10.3. The Kier molecular flexibility index (Phi) is 3.68. The van der Waals surface area contributed by atoms with Crippen molar-refractivity contribution in [2.45, 2.75) is 31.5 Å². The third-order valence-electron chi connectivity index (χ3n) is 3.05. The first-order chi connectivity index (χ1) is 8.87. The van der Waals surface area contributed by atoms with E-state index in [0.717, 1.165) is 4.90 Å². The van der Waals surface area contributed by atoms with Gasteiger partial charge in [0.25, 0.3) is 0 Å². The number of carbonyl (C=O) groups is 1. The molecule has 0 aromatic heterocycles. The average Bonchev–Trinajstić information content (AvgIpc) is 3.12. The van der Waals surface area contributed by atoms with E-state index in [1.54, 1.807) is 24.3 Å². The molecule has 0 spiro atoms. The number of para-hydroxylation sites is 1. The molecule has 104 valence electrons. The summed E-state index contributed by atoms with van der Waals surface area (Å²) in [4.78, 5) is 12.9. The van der Waals surface area contributed by atoms with E-state index in [4.69, 9.17) is 5.73 Å². The Labute approximate surface area is 109 Å². The molecule has 0 bridgehead atoms. The van der Waals surface area contributed by atoms with Gasteiger partial charge in [0, 0.05) is 11.7 Å². The summed E-state index contributed by atoms with van der Waals surface area (Å²) in [5.41, 5.74) is 6.69. The van der Waals surface area contributed by atoms with Gasteiger partial charge in [0.05, 0.1) is 6.42 Å². The number of hydrogen-bond acceptors (Lipinski definition) is 2. The zero-order valence-electron chi connectivity index (χ0n) is 10.3. The van der Waals surface area contributed by atoms with Gasteiger partial charge in [-0.25, -0.2) is 0 Å². The van der Waals surface area contributed by atoms with Gasteiger partial charge in [0.2, 0.25) is 5.91 Å². The van der Waals surface area contributed by atoms with Gasteiger partial charge in [-0.05, 0) is 24.5 Å². The smallest absolute Gasteiger partial charge is 0.398 e. The fourth-order valence-corrected chi connectivity index (χ4v) is 1.96. The molecule has 0 aliphatic heterocycles. The lowest BCUT2D eigenvalue weighted by Crippen LogP contribution is -2.41. The van der Waals surface area contributed by atoms with E-state index in [0.29, 0.717) is 24.1 Å². The molecule has 1 aliphatic carbocycles. The first-order valence-electron chi connectivity index (χ1n) is 6.06. The van der Waals surface area contributed by atoms with Crippen LogP contribution in [0, 0.1) is 0 Å². The normalized spacial score (nSPS) is 15.3. The van der Waals surface area contributed by atoms with Gasteiger partial charge in [0.15, 0.2) is 0 Å². The molecule has 0 unspecified atom stereocenters. The van der Waals surface area contributed by atoms with Crippen molar-refractivity contribution in [3.05, 3.63) is 29.8 Å². The van der Waals surface area contributed by atoms with Gasteiger partial charge in [-0.1, -0.05) is 18.2 Å². The van der Waals surface area contributed by atoms with E-state index in [2.05, 4.69) is 0 Å². The molecular formula is C13H15F3N2O. The number of halogens is 3. The molecule has 1 aromatic rings. The second-order valence-corrected chi connectivity index (χ2v) is 4.74. The summed E-state index contributed by atoms with van der Waals surface area (Å²) in [5, 5.41) is 0. The Morgan fingerprint density at radius 3 is 2.47 bits per heavy atom. The highest BCUT2D eigenvalue weighted by atomic mass is 19.4. The Morgan fingerprint density at radius 1 is 1.32 bits per heavy atom. The van der Waals surface area contributed by atoms with E-state index < -0.39 is 18.6 Å². The molecule has 6 heteroatoms. The molecule has 1 aliphatic rings. The van der Waals surface area contributed by atoms with Crippen LogP contribution in [0.1, 0.15) is 18.4 Å². The number of amides is 1. The van der Waals surface area contributed by atoms with Gasteiger partial charge in [-0.15, -0.1) is 0 Å². The van der Waals surface area contributed by atoms with Gasteiger partial charge in [0.1, 0.15) is 6.54 Å². The molecule has 0 saturated heterocycles. The van der Waals surface area contributed by atoms with E-state index >= 15 is 0 Å². The minimum absolute atomic E-state index is 0.0841. The highest BCUT2D eigenvalue weighted by molar-refractivity contribution is 5.81. The third kappa shape index (κ3) is 3.87. The van der Waals surface area contributed by atoms with Crippen molar-refractivity contribution in [3.8, 4) is 0 Å². The number of anilines is 1. The van der Waals surface area contributed by atoms with Crippen molar-refractivity contribution in [1.29, 1.82) is 0 Å².